The Balaban J connectivity index is 0.881. The summed E-state index contributed by atoms with van der Waals surface area (Å²) in [5.41, 5.74) is 5.61. The maximum absolute atomic E-state index is 14.4. The molecule has 3 atom stereocenters. The van der Waals surface area contributed by atoms with Crippen molar-refractivity contribution in [3.63, 3.8) is 0 Å². The fourth-order valence-electron chi connectivity index (χ4n) is 9.64. The Hall–Kier alpha value is -6.15. The second kappa shape index (κ2) is 21.5. The highest BCUT2D eigenvalue weighted by atomic mass is 35.5. The number of aliphatic hydroxyl groups excluding tert-OH is 1. The van der Waals surface area contributed by atoms with E-state index in [0.717, 1.165) is 32.8 Å². The Labute approximate surface area is 418 Å². The molecule has 14 nitrogen and oxygen atoms in total. The molecule has 2 aliphatic rings. The Morgan fingerprint density at radius 3 is 2.13 bits per heavy atom. The molecular weight excluding hydrogens is 928 g/mol. The van der Waals surface area contributed by atoms with Crippen LogP contribution in [-0.2, 0) is 25.7 Å². The van der Waals surface area contributed by atoms with Gasteiger partial charge in [0.2, 0.25) is 11.8 Å². The van der Waals surface area contributed by atoms with E-state index in [4.69, 9.17) is 25.8 Å². The lowest BCUT2D eigenvalue weighted by molar-refractivity contribution is -0.164. The predicted molar refractivity (Wildman–Crippen MR) is 269 cm³/mol. The molecule has 4 N–H and O–H groups in total. The molecule has 1 aliphatic carbocycles. The number of carbonyl (C=O) groups is 4. The van der Waals surface area contributed by atoms with E-state index in [1.165, 1.54) is 16.2 Å². The van der Waals surface area contributed by atoms with Gasteiger partial charge in [0.1, 0.15) is 42.9 Å². The molecule has 70 heavy (non-hydrogen) atoms. The number of carbonyl (C=O) groups excluding carboxylic acids is 4. The van der Waals surface area contributed by atoms with Crippen LogP contribution < -0.4 is 25.4 Å². The van der Waals surface area contributed by atoms with E-state index in [1.54, 1.807) is 35.8 Å². The molecular formula is C54H61ClN6O8S. The number of ether oxygens (including phenoxy) is 3. The highest BCUT2D eigenvalue weighted by molar-refractivity contribution is 7.13. The Kier molecular flexibility index (Phi) is 15.8. The van der Waals surface area contributed by atoms with Gasteiger partial charge in [-0.1, -0.05) is 109 Å². The van der Waals surface area contributed by atoms with Crippen molar-refractivity contribution in [2.45, 2.75) is 98.7 Å². The van der Waals surface area contributed by atoms with Crippen LogP contribution in [-0.4, -0.2) is 95.3 Å². The second-order valence-corrected chi connectivity index (χ2v) is 21.5. The zero-order valence-corrected chi connectivity index (χ0v) is 42.4. The van der Waals surface area contributed by atoms with Crippen LogP contribution in [0.4, 0.5) is 0 Å². The van der Waals surface area contributed by atoms with E-state index >= 15 is 0 Å². The standard InChI is InChI=1S/C54H61ClN6O8S/c1-32-45(70-31-58-32)36-11-9-33(10-12-36)29-61(48(65)43-25-39(62)28-57-43)49(66)46(52(2,3)4)59-44(63)30-67-23-24-68-40-20-17-35(18-21-40)34-13-15-37(16-14-34)47(64)60-50-53(5,6)51(54(50,7)8)69-41-22-19-38(27-56)42(55)26-41/h9-22,26,31,39,43,46,50-51,57,62H,23-25,28-30H2,1-8H3,(H,59,63)(H,60,64)/t39-,43+,46-,50?,51?/m1/s1. The summed E-state index contributed by atoms with van der Waals surface area (Å²) in [6, 6.07) is 27.6. The molecule has 0 radical (unpaired) electrons. The number of halogens is 1. The first-order chi connectivity index (χ1) is 33.2. The highest BCUT2D eigenvalue weighted by Gasteiger charge is 2.64. The van der Waals surface area contributed by atoms with E-state index in [1.807, 2.05) is 88.4 Å². The third-order valence-corrected chi connectivity index (χ3v) is 14.4. The minimum Gasteiger partial charge on any atom is -0.491 e. The minimum atomic E-state index is -1.06. The molecule has 368 valence electrons. The van der Waals surface area contributed by atoms with Gasteiger partial charge in [0.15, 0.2) is 0 Å². The molecule has 7 rings (SSSR count). The Morgan fingerprint density at radius 2 is 1.56 bits per heavy atom. The van der Waals surface area contributed by atoms with Gasteiger partial charge in [0.25, 0.3) is 11.8 Å². The van der Waals surface area contributed by atoms with E-state index in [2.05, 4.69) is 54.7 Å². The van der Waals surface area contributed by atoms with Crippen molar-refractivity contribution < 1.29 is 38.5 Å². The fraction of sp³-hybridized carbons (Fsp3) is 0.407. The molecule has 0 unspecified atom stereocenters. The number of nitrogens with one attached hydrogen (secondary N) is 3. The van der Waals surface area contributed by atoms with Crippen molar-refractivity contribution in [2.75, 3.05) is 26.4 Å². The topological polar surface area (TPSA) is 192 Å². The number of hydrogen-bond donors (Lipinski definition) is 4. The lowest BCUT2D eigenvalue weighted by Gasteiger charge is -2.63. The molecule has 2 fully saturated rings. The number of amides is 4. The Morgan fingerprint density at radius 1 is 0.929 bits per heavy atom. The van der Waals surface area contributed by atoms with Gasteiger partial charge < -0.3 is 35.3 Å². The normalized spacial score (nSPS) is 19.5. The van der Waals surface area contributed by atoms with Crippen LogP contribution in [0.3, 0.4) is 0 Å². The zero-order chi connectivity index (χ0) is 50.5. The summed E-state index contributed by atoms with van der Waals surface area (Å²) in [4.78, 5) is 61.6. The van der Waals surface area contributed by atoms with Crippen molar-refractivity contribution >= 4 is 46.6 Å². The van der Waals surface area contributed by atoms with Crippen LogP contribution in [0.1, 0.15) is 82.1 Å². The molecule has 0 spiro atoms. The summed E-state index contributed by atoms with van der Waals surface area (Å²) < 4.78 is 17.9. The fourth-order valence-corrected chi connectivity index (χ4v) is 10.7. The van der Waals surface area contributed by atoms with Crippen LogP contribution in [0.15, 0.2) is 96.5 Å². The van der Waals surface area contributed by atoms with Crippen molar-refractivity contribution in [2.24, 2.45) is 16.2 Å². The van der Waals surface area contributed by atoms with Crippen LogP contribution in [0.2, 0.25) is 5.02 Å². The molecule has 2 heterocycles. The smallest absolute Gasteiger partial charge is 0.252 e. The maximum atomic E-state index is 14.4. The maximum Gasteiger partial charge on any atom is 0.252 e. The van der Waals surface area contributed by atoms with Gasteiger partial charge in [0.05, 0.1) is 52.0 Å². The van der Waals surface area contributed by atoms with Gasteiger partial charge in [-0.25, -0.2) is 4.98 Å². The van der Waals surface area contributed by atoms with Crippen LogP contribution in [0.25, 0.3) is 21.6 Å². The SMILES string of the molecule is Cc1ncsc1-c1ccc(CN(C(=O)[C@@H]2C[C@@H](O)CN2)C(=O)[C@@H](NC(=O)COCCOc2ccc(-c3ccc(C(=O)NC4C(C)(C)C(Oc5ccc(C#N)c(Cl)c5)C4(C)C)cc3)cc2)C(C)(C)C)cc1. The van der Waals surface area contributed by atoms with Gasteiger partial charge in [-0.15, -0.1) is 11.3 Å². The quantitative estimate of drug-likeness (QED) is 0.0658. The Bertz CT molecular complexity index is 2710. The van der Waals surface area contributed by atoms with Crippen molar-refractivity contribution in [1.82, 2.24) is 25.8 Å². The summed E-state index contributed by atoms with van der Waals surface area (Å²) in [6.45, 7) is 15.8. The molecule has 0 bridgehead atoms. The predicted octanol–water partition coefficient (Wildman–Crippen LogP) is 8.13. The van der Waals surface area contributed by atoms with E-state index < -0.39 is 52.2 Å². The van der Waals surface area contributed by atoms with Crippen LogP contribution >= 0.6 is 22.9 Å². The number of thiazole rings is 1. The third-order valence-electron chi connectivity index (χ3n) is 13.2. The lowest BCUT2D eigenvalue weighted by atomic mass is 9.49. The molecule has 4 aromatic carbocycles. The van der Waals surface area contributed by atoms with Gasteiger partial charge in [0, 0.05) is 35.0 Å². The summed E-state index contributed by atoms with van der Waals surface area (Å²) >= 11 is 7.79. The number of nitrogens with zero attached hydrogens (tertiary/aromatic N) is 3. The number of rotatable bonds is 17. The summed E-state index contributed by atoms with van der Waals surface area (Å²) in [7, 11) is 0. The third kappa shape index (κ3) is 11.7. The van der Waals surface area contributed by atoms with Crippen molar-refractivity contribution in [3.8, 4) is 39.1 Å². The number of hydrogen-bond acceptors (Lipinski definition) is 12. The average molecular weight is 990 g/mol. The highest BCUT2D eigenvalue weighted by Crippen LogP contribution is 2.55. The number of benzene rings is 4. The van der Waals surface area contributed by atoms with Crippen LogP contribution in [0.5, 0.6) is 11.5 Å². The minimum absolute atomic E-state index is 0.0205. The van der Waals surface area contributed by atoms with E-state index in [-0.39, 0.29) is 57.4 Å². The van der Waals surface area contributed by atoms with E-state index in [0.29, 0.717) is 27.6 Å². The average Bonchev–Trinajstić information content (AvgIpc) is 3.97. The molecule has 1 saturated carbocycles. The number of imide groups is 1. The molecule has 4 amide bonds. The molecule has 1 aliphatic heterocycles. The number of β-amino-alcohol motifs (C(OH)–C–C–N with tert-alkyl or cyclic N) is 1. The monoisotopic (exact) mass is 988 g/mol. The molecule has 1 aromatic heterocycles. The molecule has 1 saturated heterocycles. The summed E-state index contributed by atoms with van der Waals surface area (Å²) in [6.07, 6.45) is -0.754. The number of nitriles is 1. The zero-order valence-electron chi connectivity index (χ0n) is 40.8. The largest absolute Gasteiger partial charge is 0.491 e. The van der Waals surface area contributed by atoms with Gasteiger partial charge in [-0.05, 0) is 77.4 Å². The van der Waals surface area contributed by atoms with Gasteiger partial charge in [-0.2, -0.15) is 5.26 Å². The molecule has 5 aromatic rings. The summed E-state index contributed by atoms with van der Waals surface area (Å²) in [5.74, 6) is -0.562. The van der Waals surface area contributed by atoms with Crippen molar-refractivity contribution in [3.05, 3.63) is 124 Å². The number of aromatic nitrogens is 1. The van der Waals surface area contributed by atoms with E-state index in [9.17, 15) is 29.5 Å². The second-order valence-electron chi connectivity index (χ2n) is 20.2. The summed E-state index contributed by atoms with van der Waals surface area (Å²) in [5, 5.41) is 28.8. The first kappa shape index (κ1) is 51.7. The first-order valence-electron chi connectivity index (χ1n) is 23.3. The lowest BCUT2D eigenvalue weighted by Crippen LogP contribution is -2.74. The number of aliphatic hydroxyl groups is 1. The van der Waals surface area contributed by atoms with Crippen LogP contribution in [0, 0.1) is 34.5 Å². The first-order valence-corrected chi connectivity index (χ1v) is 24.6. The van der Waals surface area contributed by atoms with Gasteiger partial charge in [-0.3, -0.25) is 24.1 Å². The van der Waals surface area contributed by atoms with Gasteiger partial charge >= 0.3 is 0 Å². The van der Waals surface area contributed by atoms with Crippen molar-refractivity contribution in [1.29, 1.82) is 5.26 Å². The number of aryl methyl sites for hydroxylation is 1. The molecule has 16 heteroatoms.